The normalized spacial score (nSPS) is 17.1. The fourth-order valence-corrected chi connectivity index (χ4v) is 3.41. The number of hydrogen-bond donors (Lipinski definition) is 2. The monoisotopic (exact) mass is 305 g/mol. The summed E-state index contributed by atoms with van der Waals surface area (Å²) in [5, 5.41) is 5.68. The lowest BCUT2D eigenvalue weighted by Crippen LogP contribution is -2.45. The molecule has 0 radical (unpaired) electrons. The van der Waals surface area contributed by atoms with E-state index in [2.05, 4.69) is 10.6 Å². The van der Waals surface area contributed by atoms with Gasteiger partial charge in [0.25, 0.3) is 0 Å². The maximum absolute atomic E-state index is 11.7. The fraction of sp³-hybridized carbons (Fsp3) is 0.923. The molecule has 1 aliphatic carbocycles. The third-order valence-corrected chi connectivity index (χ3v) is 4.83. The van der Waals surface area contributed by atoms with Crippen LogP contribution >= 0.6 is 0 Å². The Morgan fingerprint density at radius 3 is 2.40 bits per heavy atom. The predicted octanol–water partition coefficient (Wildman–Crippen LogP) is 1.29. The minimum Gasteiger partial charge on any atom is -0.337 e. The average molecular weight is 305 g/mol. The summed E-state index contributed by atoms with van der Waals surface area (Å²) in [7, 11) is -3.19. The molecule has 118 valence electrons. The number of urea groups is 1. The van der Waals surface area contributed by atoms with Crippen molar-refractivity contribution in [2.45, 2.75) is 51.5 Å². The molecule has 0 bridgehead atoms. The van der Waals surface area contributed by atoms with E-state index in [0.717, 1.165) is 19.3 Å². The number of sulfonamides is 1. The van der Waals surface area contributed by atoms with E-state index in [1.807, 2.05) is 6.92 Å². The van der Waals surface area contributed by atoms with Crippen LogP contribution in [0.3, 0.4) is 0 Å². The van der Waals surface area contributed by atoms with Gasteiger partial charge in [0, 0.05) is 25.7 Å². The zero-order valence-corrected chi connectivity index (χ0v) is 13.3. The van der Waals surface area contributed by atoms with Crippen molar-refractivity contribution < 1.29 is 13.2 Å². The highest BCUT2D eigenvalue weighted by Crippen LogP contribution is 2.17. The van der Waals surface area contributed by atoms with Crippen molar-refractivity contribution in [2.75, 3.05) is 25.9 Å². The molecule has 7 heteroatoms. The number of hydrogen-bond acceptors (Lipinski definition) is 3. The Bertz CT molecular complexity index is 392. The van der Waals surface area contributed by atoms with Crippen molar-refractivity contribution in [2.24, 2.45) is 0 Å². The van der Waals surface area contributed by atoms with Gasteiger partial charge in [-0.1, -0.05) is 26.2 Å². The van der Waals surface area contributed by atoms with Crippen molar-refractivity contribution >= 4 is 16.1 Å². The van der Waals surface area contributed by atoms with Crippen molar-refractivity contribution in [3.63, 3.8) is 0 Å². The van der Waals surface area contributed by atoms with E-state index in [-0.39, 0.29) is 12.1 Å². The molecule has 0 aromatic rings. The van der Waals surface area contributed by atoms with Gasteiger partial charge in [0.05, 0.1) is 6.26 Å². The number of amides is 2. The Morgan fingerprint density at radius 1 is 1.20 bits per heavy atom. The van der Waals surface area contributed by atoms with Gasteiger partial charge in [0.15, 0.2) is 0 Å². The summed E-state index contributed by atoms with van der Waals surface area (Å²) in [5.74, 6) is 0. The second kappa shape index (κ2) is 8.46. The molecule has 6 nitrogen and oxygen atoms in total. The first-order chi connectivity index (χ1) is 9.43. The van der Waals surface area contributed by atoms with Gasteiger partial charge in [0.1, 0.15) is 0 Å². The van der Waals surface area contributed by atoms with Gasteiger partial charge in [-0.3, -0.25) is 0 Å². The number of carbonyl (C=O) groups is 1. The molecule has 0 heterocycles. The molecule has 1 saturated carbocycles. The Hall–Kier alpha value is -0.820. The molecule has 0 atom stereocenters. The summed E-state index contributed by atoms with van der Waals surface area (Å²) in [5.41, 5.74) is 0. The van der Waals surface area contributed by atoms with Crippen LogP contribution in [0.25, 0.3) is 0 Å². The molecule has 0 saturated heterocycles. The first-order valence-corrected chi connectivity index (χ1v) is 9.27. The highest BCUT2D eigenvalue weighted by molar-refractivity contribution is 7.88. The minimum absolute atomic E-state index is 0.193. The average Bonchev–Trinajstić information content (AvgIpc) is 2.37. The summed E-state index contributed by atoms with van der Waals surface area (Å²) in [6, 6.07) is 0.0762. The Morgan fingerprint density at radius 2 is 1.85 bits per heavy atom. The van der Waals surface area contributed by atoms with Gasteiger partial charge in [0.2, 0.25) is 10.0 Å². The molecule has 0 aromatic carbocycles. The third-order valence-electron chi connectivity index (χ3n) is 3.53. The van der Waals surface area contributed by atoms with E-state index in [1.165, 1.54) is 29.8 Å². The highest BCUT2D eigenvalue weighted by atomic mass is 32.2. The summed E-state index contributed by atoms with van der Waals surface area (Å²) < 4.78 is 24.4. The molecule has 2 amide bonds. The topological polar surface area (TPSA) is 78.5 Å². The van der Waals surface area contributed by atoms with Gasteiger partial charge >= 0.3 is 6.03 Å². The molecule has 0 spiro atoms. The van der Waals surface area contributed by atoms with Crippen molar-refractivity contribution in [3.8, 4) is 0 Å². The Kier molecular flexibility index (Phi) is 7.29. The lowest BCUT2D eigenvalue weighted by molar-refractivity contribution is 0.231. The molecule has 0 aromatic heterocycles. The summed E-state index contributed by atoms with van der Waals surface area (Å²) >= 11 is 0. The summed E-state index contributed by atoms with van der Waals surface area (Å²) in [6.07, 6.45) is 7.64. The van der Waals surface area contributed by atoms with Crippen LogP contribution in [-0.4, -0.2) is 50.7 Å². The molecule has 1 rings (SSSR count). The standard InChI is InChI=1S/C13H27N3O3S/c1-3-10-16(20(2,18)19)11-9-14-13(17)15-12-7-5-4-6-8-12/h12H,3-11H2,1-2H3,(H2,14,15,17). The lowest BCUT2D eigenvalue weighted by Gasteiger charge is -2.23. The smallest absolute Gasteiger partial charge is 0.315 e. The fourth-order valence-electron chi connectivity index (χ4n) is 2.47. The van der Waals surface area contributed by atoms with E-state index >= 15 is 0 Å². The Balaban J connectivity index is 2.25. The van der Waals surface area contributed by atoms with Gasteiger partial charge in [-0.15, -0.1) is 0 Å². The number of nitrogens with zero attached hydrogens (tertiary/aromatic N) is 1. The zero-order valence-electron chi connectivity index (χ0n) is 12.5. The molecule has 2 N–H and O–H groups in total. The second-order valence-electron chi connectivity index (χ2n) is 5.40. The van der Waals surface area contributed by atoms with Gasteiger partial charge in [-0.05, 0) is 19.3 Å². The zero-order chi connectivity index (χ0) is 15.0. The maximum Gasteiger partial charge on any atom is 0.315 e. The molecule has 1 fully saturated rings. The van der Waals surface area contributed by atoms with Crippen LogP contribution in [0.2, 0.25) is 0 Å². The minimum atomic E-state index is -3.19. The van der Waals surface area contributed by atoms with E-state index in [0.29, 0.717) is 19.6 Å². The number of rotatable bonds is 7. The largest absolute Gasteiger partial charge is 0.337 e. The SMILES string of the molecule is CCCN(CCNC(=O)NC1CCCCC1)S(C)(=O)=O. The number of carbonyl (C=O) groups excluding carboxylic acids is 1. The quantitative estimate of drug-likeness (QED) is 0.744. The Labute approximate surface area is 122 Å². The lowest BCUT2D eigenvalue weighted by atomic mass is 9.96. The first-order valence-electron chi connectivity index (χ1n) is 7.43. The molecule has 0 aliphatic heterocycles. The van der Waals surface area contributed by atoms with Crippen LogP contribution in [0.1, 0.15) is 45.4 Å². The summed E-state index contributed by atoms with van der Waals surface area (Å²) in [4.78, 5) is 11.7. The van der Waals surface area contributed by atoms with Gasteiger partial charge in [-0.25, -0.2) is 17.5 Å². The highest BCUT2D eigenvalue weighted by Gasteiger charge is 2.17. The van der Waals surface area contributed by atoms with Gasteiger partial charge in [-0.2, -0.15) is 0 Å². The second-order valence-corrected chi connectivity index (χ2v) is 7.38. The first kappa shape index (κ1) is 17.2. The molecular weight excluding hydrogens is 278 g/mol. The van der Waals surface area contributed by atoms with Crippen LogP contribution in [-0.2, 0) is 10.0 Å². The molecule has 0 unspecified atom stereocenters. The van der Waals surface area contributed by atoms with E-state index < -0.39 is 10.0 Å². The molecule has 20 heavy (non-hydrogen) atoms. The van der Waals surface area contributed by atoms with Crippen LogP contribution in [0, 0.1) is 0 Å². The van der Waals surface area contributed by atoms with Crippen molar-refractivity contribution in [1.29, 1.82) is 0 Å². The van der Waals surface area contributed by atoms with Crippen LogP contribution in [0.4, 0.5) is 4.79 Å². The van der Waals surface area contributed by atoms with E-state index in [4.69, 9.17) is 0 Å². The molecule has 1 aliphatic rings. The summed E-state index contributed by atoms with van der Waals surface area (Å²) in [6.45, 7) is 3.09. The van der Waals surface area contributed by atoms with E-state index in [1.54, 1.807) is 0 Å². The van der Waals surface area contributed by atoms with Crippen LogP contribution in [0.15, 0.2) is 0 Å². The van der Waals surface area contributed by atoms with Crippen molar-refractivity contribution in [1.82, 2.24) is 14.9 Å². The molecular formula is C13H27N3O3S. The maximum atomic E-state index is 11.7. The van der Waals surface area contributed by atoms with Crippen LogP contribution in [0.5, 0.6) is 0 Å². The predicted molar refractivity (Wildman–Crippen MR) is 80.1 cm³/mol. The van der Waals surface area contributed by atoms with Crippen LogP contribution < -0.4 is 10.6 Å². The number of nitrogens with one attached hydrogen (secondary N) is 2. The van der Waals surface area contributed by atoms with Gasteiger partial charge < -0.3 is 10.6 Å². The van der Waals surface area contributed by atoms with E-state index in [9.17, 15) is 13.2 Å². The third kappa shape index (κ3) is 6.56. The van der Waals surface area contributed by atoms with Crippen molar-refractivity contribution in [3.05, 3.63) is 0 Å².